The van der Waals surface area contributed by atoms with Gasteiger partial charge in [0.05, 0.1) is 17.9 Å². The number of rotatable bonds is 8. The van der Waals surface area contributed by atoms with Crippen molar-refractivity contribution in [2.75, 3.05) is 19.8 Å². The van der Waals surface area contributed by atoms with E-state index in [4.69, 9.17) is 15.2 Å². The number of primary amides is 1. The predicted octanol–water partition coefficient (Wildman–Crippen LogP) is 1.65. The van der Waals surface area contributed by atoms with Crippen molar-refractivity contribution < 1.29 is 14.3 Å². The van der Waals surface area contributed by atoms with Crippen molar-refractivity contribution in [3.63, 3.8) is 0 Å². The van der Waals surface area contributed by atoms with Crippen LogP contribution in [0.2, 0.25) is 0 Å². The molecule has 0 saturated carbocycles. The smallest absolute Gasteiger partial charge is 0.255 e. The number of pyridine rings is 1. The predicted molar refractivity (Wildman–Crippen MR) is 118 cm³/mol. The number of benzene rings is 1. The fraction of sp³-hybridized carbons (Fsp3) is 0.304. The first-order valence-electron chi connectivity index (χ1n) is 10.4. The van der Waals surface area contributed by atoms with Gasteiger partial charge in [0.25, 0.3) is 11.5 Å². The van der Waals surface area contributed by atoms with Gasteiger partial charge in [-0.05, 0) is 36.8 Å². The molecule has 166 valence electrons. The molecule has 1 aliphatic heterocycles. The molecule has 1 aromatic carbocycles. The van der Waals surface area contributed by atoms with Gasteiger partial charge >= 0.3 is 0 Å². The molecule has 32 heavy (non-hydrogen) atoms. The number of aromatic amines is 1. The summed E-state index contributed by atoms with van der Waals surface area (Å²) in [6, 6.07) is 9.28. The van der Waals surface area contributed by atoms with Crippen molar-refractivity contribution in [1.29, 1.82) is 0 Å². The molecule has 3 heterocycles. The van der Waals surface area contributed by atoms with E-state index in [-0.39, 0.29) is 12.2 Å². The summed E-state index contributed by atoms with van der Waals surface area (Å²) in [6.07, 6.45) is 4.06. The maximum Gasteiger partial charge on any atom is 0.255 e. The van der Waals surface area contributed by atoms with E-state index in [0.717, 1.165) is 23.4 Å². The summed E-state index contributed by atoms with van der Waals surface area (Å²) in [4.78, 5) is 37.6. The van der Waals surface area contributed by atoms with E-state index in [2.05, 4.69) is 19.9 Å². The van der Waals surface area contributed by atoms with Crippen LogP contribution in [-0.4, -0.2) is 45.5 Å². The van der Waals surface area contributed by atoms with Gasteiger partial charge < -0.3 is 20.2 Å². The summed E-state index contributed by atoms with van der Waals surface area (Å²) in [7, 11) is 0. The van der Waals surface area contributed by atoms with Crippen LogP contribution < -0.4 is 20.8 Å². The van der Waals surface area contributed by atoms with Crippen LogP contribution in [0.25, 0.3) is 11.4 Å². The first-order valence-corrected chi connectivity index (χ1v) is 10.4. The highest BCUT2D eigenvalue weighted by atomic mass is 16.5. The van der Waals surface area contributed by atoms with E-state index in [9.17, 15) is 9.59 Å². The van der Waals surface area contributed by atoms with Gasteiger partial charge in [0, 0.05) is 44.0 Å². The van der Waals surface area contributed by atoms with E-state index in [1.807, 2.05) is 31.2 Å². The van der Waals surface area contributed by atoms with Crippen molar-refractivity contribution in [1.82, 2.24) is 19.9 Å². The van der Waals surface area contributed by atoms with Gasteiger partial charge in [-0.15, -0.1) is 0 Å². The van der Waals surface area contributed by atoms with E-state index >= 15 is 0 Å². The number of nitrogens with zero attached hydrogens (tertiary/aromatic N) is 3. The van der Waals surface area contributed by atoms with Gasteiger partial charge in [0.2, 0.25) is 0 Å². The number of hydrogen-bond donors (Lipinski definition) is 2. The molecule has 0 bridgehead atoms. The Hall–Kier alpha value is -3.72. The summed E-state index contributed by atoms with van der Waals surface area (Å²) in [5, 5.41) is 0. The highest BCUT2D eigenvalue weighted by Crippen LogP contribution is 2.29. The Balaban J connectivity index is 1.50. The molecule has 0 atom stereocenters. The van der Waals surface area contributed by atoms with E-state index in [1.54, 1.807) is 18.5 Å². The largest absolute Gasteiger partial charge is 0.490 e. The minimum Gasteiger partial charge on any atom is -0.490 e. The highest BCUT2D eigenvalue weighted by Gasteiger charge is 2.22. The second-order valence-corrected chi connectivity index (χ2v) is 7.51. The zero-order chi connectivity index (χ0) is 22.5. The van der Waals surface area contributed by atoms with Gasteiger partial charge in [0.15, 0.2) is 18.1 Å². The Morgan fingerprint density at radius 3 is 2.88 bits per heavy atom. The maximum atomic E-state index is 12.7. The first kappa shape index (κ1) is 21.5. The summed E-state index contributed by atoms with van der Waals surface area (Å²) in [6.45, 7) is 4.06. The third-order valence-electron chi connectivity index (χ3n) is 5.17. The van der Waals surface area contributed by atoms with Gasteiger partial charge in [0.1, 0.15) is 5.82 Å². The van der Waals surface area contributed by atoms with Gasteiger partial charge in [-0.25, -0.2) is 4.98 Å². The summed E-state index contributed by atoms with van der Waals surface area (Å²) >= 11 is 0. The zero-order valence-corrected chi connectivity index (χ0v) is 17.8. The third-order valence-corrected chi connectivity index (χ3v) is 5.17. The molecule has 2 aromatic heterocycles. The van der Waals surface area contributed by atoms with Gasteiger partial charge in [-0.3, -0.25) is 19.5 Å². The molecule has 1 amide bonds. The topological polar surface area (TPSA) is 123 Å². The van der Waals surface area contributed by atoms with Crippen molar-refractivity contribution >= 4 is 5.91 Å². The average Bonchev–Trinajstić information content (AvgIpc) is 2.79. The lowest BCUT2D eigenvalue weighted by Gasteiger charge is -2.28. The van der Waals surface area contributed by atoms with Crippen molar-refractivity contribution in [3.8, 4) is 22.9 Å². The Morgan fingerprint density at radius 1 is 1.25 bits per heavy atom. The van der Waals surface area contributed by atoms with E-state index in [1.165, 1.54) is 0 Å². The summed E-state index contributed by atoms with van der Waals surface area (Å²) < 4.78 is 11.1. The second-order valence-electron chi connectivity index (χ2n) is 7.51. The van der Waals surface area contributed by atoms with Crippen molar-refractivity contribution in [2.45, 2.75) is 26.4 Å². The number of nitrogens with one attached hydrogen (secondary N) is 1. The number of nitrogens with two attached hydrogens (primary N) is 1. The quantitative estimate of drug-likeness (QED) is 0.551. The third kappa shape index (κ3) is 4.94. The number of hydrogen-bond acceptors (Lipinski definition) is 7. The maximum absolute atomic E-state index is 12.7. The SMILES string of the molecule is CCOc1cc(CN2CCc3nc(-c4cccnc4)[nH]c(=O)c3C2)ccc1OCC(N)=O. The minimum absolute atomic E-state index is 0.122. The normalized spacial score (nSPS) is 13.4. The number of amides is 1. The molecule has 0 radical (unpaired) electrons. The molecule has 0 fully saturated rings. The van der Waals surface area contributed by atoms with Crippen LogP contribution in [0.3, 0.4) is 0 Å². The minimum atomic E-state index is -0.547. The summed E-state index contributed by atoms with van der Waals surface area (Å²) in [5.41, 5.74) is 8.36. The molecule has 1 aliphatic rings. The van der Waals surface area contributed by atoms with Gasteiger partial charge in [-0.2, -0.15) is 0 Å². The number of carbonyl (C=O) groups excluding carboxylic acids is 1. The summed E-state index contributed by atoms with van der Waals surface area (Å²) in [5.74, 6) is 1.03. The molecule has 0 saturated heterocycles. The Labute approximate surface area is 185 Å². The Kier molecular flexibility index (Phi) is 6.46. The second kappa shape index (κ2) is 9.61. The molecule has 0 aliphatic carbocycles. The van der Waals surface area contributed by atoms with Gasteiger partial charge in [-0.1, -0.05) is 6.07 Å². The lowest BCUT2D eigenvalue weighted by atomic mass is 10.1. The fourth-order valence-corrected chi connectivity index (χ4v) is 3.70. The number of H-pyrrole nitrogens is 1. The molecule has 0 unspecified atom stereocenters. The number of carbonyl (C=O) groups is 1. The van der Waals surface area contributed by atoms with Crippen LogP contribution in [0.4, 0.5) is 0 Å². The highest BCUT2D eigenvalue weighted by molar-refractivity contribution is 5.75. The van der Waals surface area contributed by atoms with Crippen LogP contribution in [0.5, 0.6) is 11.5 Å². The van der Waals surface area contributed by atoms with Crippen LogP contribution in [0, 0.1) is 0 Å². The monoisotopic (exact) mass is 435 g/mol. The Bertz CT molecular complexity index is 1160. The van der Waals surface area contributed by atoms with Crippen molar-refractivity contribution in [3.05, 3.63) is 69.9 Å². The first-order chi connectivity index (χ1) is 15.5. The Morgan fingerprint density at radius 2 is 2.12 bits per heavy atom. The number of fused-ring (bicyclic) bond motifs is 1. The standard InChI is InChI=1S/C23H25N5O4/c1-2-31-20-10-15(5-6-19(20)32-14-21(24)29)12-28-9-7-18-17(13-28)23(30)27-22(26-18)16-4-3-8-25-11-16/h3-6,8,10-11H,2,7,9,12-14H2,1H3,(H2,24,29)(H,26,27,30). The number of ether oxygens (including phenoxy) is 2. The van der Waals surface area contributed by atoms with Crippen LogP contribution in [0.1, 0.15) is 23.7 Å². The molecule has 3 N–H and O–H groups in total. The molecule has 0 spiro atoms. The molecule has 9 heteroatoms. The zero-order valence-electron chi connectivity index (χ0n) is 17.8. The number of aromatic nitrogens is 3. The molecular formula is C23H25N5O4. The van der Waals surface area contributed by atoms with Crippen LogP contribution >= 0.6 is 0 Å². The fourth-order valence-electron chi connectivity index (χ4n) is 3.70. The molecule has 9 nitrogen and oxygen atoms in total. The lowest BCUT2D eigenvalue weighted by Crippen LogP contribution is -2.35. The lowest BCUT2D eigenvalue weighted by molar-refractivity contribution is -0.119. The molecule has 4 rings (SSSR count). The van der Waals surface area contributed by atoms with Crippen LogP contribution in [-0.2, 0) is 24.3 Å². The average molecular weight is 435 g/mol. The van der Waals surface area contributed by atoms with Crippen LogP contribution in [0.15, 0.2) is 47.5 Å². The van der Waals surface area contributed by atoms with E-state index < -0.39 is 5.91 Å². The molecular weight excluding hydrogens is 410 g/mol. The van der Waals surface area contributed by atoms with Crippen molar-refractivity contribution in [2.24, 2.45) is 5.73 Å². The van der Waals surface area contributed by atoms with E-state index in [0.29, 0.717) is 49.0 Å². The molecule has 3 aromatic rings.